The van der Waals surface area contributed by atoms with Crippen molar-refractivity contribution in [3.63, 3.8) is 0 Å². The number of ether oxygens (including phenoxy) is 1. The summed E-state index contributed by atoms with van der Waals surface area (Å²) in [4.78, 5) is 17.1. The van der Waals surface area contributed by atoms with E-state index in [2.05, 4.69) is 18.8 Å². The Morgan fingerprint density at radius 3 is 2.00 bits per heavy atom. The molecule has 0 saturated heterocycles. The Morgan fingerprint density at radius 2 is 1.44 bits per heavy atom. The minimum Gasteiger partial charge on any atom is -0.425 e. The minimum absolute atomic E-state index is 0.0461. The van der Waals surface area contributed by atoms with Gasteiger partial charge in [0.05, 0.1) is 12.1 Å². The molecular weight excluding hydrogens is 394 g/mol. The zero-order chi connectivity index (χ0) is 22.6. The van der Waals surface area contributed by atoms with E-state index in [0.29, 0.717) is 5.75 Å². The van der Waals surface area contributed by atoms with Gasteiger partial charge in [-0.05, 0) is 68.4 Å². The Bertz CT molecular complexity index is 640. The maximum absolute atomic E-state index is 12.6. The monoisotopic (exact) mass is 441 g/mol. The molecule has 32 heavy (non-hydrogen) atoms. The van der Waals surface area contributed by atoms with Crippen LogP contribution in [-0.2, 0) is 11.2 Å². The van der Waals surface area contributed by atoms with Crippen molar-refractivity contribution in [3.8, 4) is 5.75 Å². The van der Waals surface area contributed by atoms with Gasteiger partial charge in [-0.15, -0.1) is 0 Å². The SMILES string of the molecule is CCCCCCc1ccc(OC(=O)C2CCC(CCC3CCC(CCC)CC3)CC2)cn1. The van der Waals surface area contributed by atoms with Gasteiger partial charge < -0.3 is 4.74 Å². The molecular formula is C29H47NO2. The quantitative estimate of drug-likeness (QED) is 0.242. The summed E-state index contributed by atoms with van der Waals surface area (Å²) in [6, 6.07) is 3.93. The van der Waals surface area contributed by atoms with Gasteiger partial charge in [-0.3, -0.25) is 9.78 Å². The first-order valence-corrected chi connectivity index (χ1v) is 13.8. The van der Waals surface area contributed by atoms with Crippen molar-refractivity contribution in [1.29, 1.82) is 0 Å². The van der Waals surface area contributed by atoms with Gasteiger partial charge in [-0.25, -0.2) is 0 Å². The lowest BCUT2D eigenvalue weighted by molar-refractivity contribution is -0.140. The molecule has 1 heterocycles. The average molecular weight is 442 g/mol. The van der Waals surface area contributed by atoms with Gasteiger partial charge in [0.2, 0.25) is 0 Å². The fourth-order valence-electron chi connectivity index (χ4n) is 5.93. The summed E-state index contributed by atoms with van der Waals surface area (Å²) in [5.41, 5.74) is 1.10. The molecule has 0 amide bonds. The Kier molecular flexibility index (Phi) is 11.1. The van der Waals surface area contributed by atoms with Crippen LogP contribution in [0.25, 0.3) is 0 Å². The number of carbonyl (C=O) groups is 1. The van der Waals surface area contributed by atoms with E-state index >= 15 is 0 Å². The lowest BCUT2D eigenvalue weighted by atomic mass is 9.75. The van der Waals surface area contributed by atoms with Crippen molar-refractivity contribution in [2.45, 2.75) is 123 Å². The molecule has 3 rings (SSSR count). The van der Waals surface area contributed by atoms with E-state index in [9.17, 15) is 4.79 Å². The van der Waals surface area contributed by atoms with E-state index < -0.39 is 0 Å². The second-order valence-electron chi connectivity index (χ2n) is 10.7. The van der Waals surface area contributed by atoms with Crippen LogP contribution in [0.1, 0.15) is 122 Å². The topological polar surface area (TPSA) is 39.2 Å². The number of rotatable bonds is 12. The van der Waals surface area contributed by atoms with Crippen LogP contribution in [0, 0.1) is 23.7 Å². The number of nitrogens with zero attached hydrogens (tertiary/aromatic N) is 1. The van der Waals surface area contributed by atoms with Gasteiger partial charge >= 0.3 is 5.97 Å². The number of unbranched alkanes of at least 4 members (excludes halogenated alkanes) is 3. The molecule has 1 aromatic heterocycles. The number of esters is 1. The molecule has 0 unspecified atom stereocenters. The molecule has 3 heteroatoms. The molecule has 2 saturated carbocycles. The van der Waals surface area contributed by atoms with Crippen LogP contribution < -0.4 is 4.74 Å². The maximum Gasteiger partial charge on any atom is 0.314 e. The Labute approximate surface area is 197 Å². The number of aryl methyl sites for hydroxylation is 1. The summed E-state index contributed by atoms with van der Waals surface area (Å²) in [7, 11) is 0. The summed E-state index contributed by atoms with van der Waals surface area (Å²) in [5, 5.41) is 0. The van der Waals surface area contributed by atoms with E-state index in [0.717, 1.165) is 42.7 Å². The molecule has 0 aliphatic heterocycles. The van der Waals surface area contributed by atoms with Crippen LogP contribution in [0.15, 0.2) is 18.3 Å². The first kappa shape index (κ1) is 25.2. The van der Waals surface area contributed by atoms with E-state index in [1.807, 2.05) is 12.1 Å². The molecule has 0 radical (unpaired) electrons. The fourth-order valence-corrected chi connectivity index (χ4v) is 5.93. The van der Waals surface area contributed by atoms with Crippen molar-refractivity contribution in [1.82, 2.24) is 4.98 Å². The first-order valence-electron chi connectivity index (χ1n) is 13.8. The van der Waals surface area contributed by atoms with Gasteiger partial charge in [-0.1, -0.05) is 84.5 Å². The second-order valence-corrected chi connectivity index (χ2v) is 10.7. The molecule has 2 aliphatic carbocycles. The van der Waals surface area contributed by atoms with Crippen molar-refractivity contribution >= 4 is 5.97 Å². The Hall–Kier alpha value is -1.38. The predicted octanol–water partition coefficient (Wildman–Crippen LogP) is 8.30. The molecule has 0 bridgehead atoms. The number of carbonyl (C=O) groups excluding carboxylic acids is 1. The highest BCUT2D eigenvalue weighted by Gasteiger charge is 2.29. The van der Waals surface area contributed by atoms with Gasteiger partial charge in [0, 0.05) is 5.69 Å². The van der Waals surface area contributed by atoms with Crippen LogP contribution in [0.2, 0.25) is 0 Å². The third-order valence-electron chi connectivity index (χ3n) is 8.13. The summed E-state index contributed by atoms with van der Waals surface area (Å²) in [6.07, 6.45) is 23.5. The van der Waals surface area contributed by atoms with Crippen LogP contribution in [0.4, 0.5) is 0 Å². The van der Waals surface area contributed by atoms with Crippen molar-refractivity contribution in [2.24, 2.45) is 23.7 Å². The molecule has 0 spiro atoms. The fraction of sp³-hybridized carbons (Fsp3) is 0.793. The summed E-state index contributed by atoms with van der Waals surface area (Å²) < 4.78 is 5.67. The van der Waals surface area contributed by atoms with Crippen LogP contribution >= 0.6 is 0 Å². The molecule has 0 atom stereocenters. The number of hydrogen-bond donors (Lipinski definition) is 0. The van der Waals surface area contributed by atoms with Crippen molar-refractivity contribution in [3.05, 3.63) is 24.0 Å². The van der Waals surface area contributed by atoms with E-state index in [4.69, 9.17) is 4.74 Å². The third-order valence-corrected chi connectivity index (χ3v) is 8.13. The minimum atomic E-state index is -0.0461. The lowest BCUT2D eigenvalue weighted by Crippen LogP contribution is -2.26. The number of pyridine rings is 1. The zero-order valence-corrected chi connectivity index (χ0v) is 20.8. The average Bonchev–Trinajstić information content (AvgIpc) is 2.83. The molecule has 3 nitrogen and oxygen atoms in total. The number of hydrogen-bond acceptors (Lipinski definition) is 3. The molecule has 2 aliphatic rings. The summed E-state index contributed by atoms with van der Waals surface area (Å²) in [6.45, 7) is 4.55. The third kappa shape index (κ3) is 8.52. The van der Waals surface area contributed by atoms with E-state index in [1.165, 1.54) is 89.9 Å². The van der Waals surface area contributed by atoms with Gasteiger partial charge in [0.1, 0.15) is 5.75 Å². The highest BCUT2D eigenvalue weighted by Crippen LogP contribution is 2.37. The first-order chi connectivity index (χ1) is 15.7. The molecule has 0 aromatic carbocycles. The standard InChI is InChI=1S/C29H47NO2/c1-3-5-6-7-9-27-20-21-28(22-30-27)32-29(31)26-18-16-25(17-19-26)15-14-24-12-10-23(8-4-2)11-13-24/h20-26H,3-19H2,1-2H3. The van der Waals surface area contributed by atoms with Crippen molar-refractivity contribution in [2.75, 3.05) is 0 Å². The zero-order valence-electron chi connectivity index (χ0n) is 20.8. The van der Waals surface area contributed by atoms with Crippen molar-refractivity contribution < 1.29 is 9.53 Å². The molecule has 1 aromatic rings. The normalized spacial score (nSPS) is 26.1. The molecule has 0 N–H and O–H groups in total. The highest BCUT2D eigenvalue weighted by atomic mass is 16.5. The predicted molar refractivity (Wildman–Crippen MR) is 133 cm³/mol. The Morgan fingerprint density at radius 1 is 0.812 bits per heavy atom. The van der Waals surface area contributed by atoms with Crippen LogP contribution in [0.3, 0.4) is 0 Å². The number of aromatic nitrogens is 1. The van der Waals surface area contributed by atoms with Crippen LogP contribution in [0.5, 0.6) is 5.75 Å². The van der Waals surface area contributed by atoms with E-state index in [1.54, 1.807) is 6.20 Å². The summed E-state index contributed by atoms with van der Waals surface area (Å²) in [5.74, 6) is 3.43. The largest absolute Gasteiger partial charge is 0.425 e. The smallest absolute Gasteiger partial charge is 0.314 e. The molecule has 2 fully saturated rings. The van der Waals surface area contributed by atoms with E-state index in [-0.39, 0.29) is 11.9 Å². The van der Waals surface area contributed by atoms with Gasteiger partial charge in [0.15, 0.2) is 0 Å². The highest BCUT2D eigenvalue weighted by molar-refractivity contribution is 5.75. The van der Waals surface area contributed by atoms with Gasteiger partial charge in [-0.2, -0.15) is 0 Å². The Balaban J connectivity index is 1.30. The second kappa shape index (κ2) is 14.0. The van der Waals surface area contributed by atoms with Crippen LogP contribution in [-0.4, -0.2) is 11.0 Å². The summed E-state index contributed by atoms with van der Waals surface area (Å²) >= 11 is 0. The molecule has 180 valence electrons. The lowest BCUT2D eigenvalue weighted by Gasteiger charge is -2.31. The van der Waals surface area contributed by atoms with Gasteiger partial charge in [0.25, 0.3) is 0 Å². The maximum atomic E-state index is 12.6.